The van der Waals surface area contributed by atoms with Gasteiger partial charge in [-0.05, 0) is 25.3 Å². The van der Waals surface area contributed by atoms with Gasteiger partial charge in [-0.2, -0.15) is 0 Å². The van der Waals surface area contributed by atoms with Crippen molar-refractivity contribution >= 4 is 11.9 Å². The van der Waals surface area contributed by atoms with Gasteiger partial charge in [0.1, 0.15) is 0 Å². The van der Waals surface area contributed by atoms with E-state index >= 15 is 0 Å². The Bertz CT molecular complexity index is 383. The number of ether oxygens (including phenoxy) is 1. The number of nitrogens with zero attached hydrogens (tertiary/aromatic N) is 1. The van der Waals surface area contributed by atoms with Gasteiger partial charge in [-0.3, -0.25) is 4.90 Å². The highest BCUT2D eigenvalue weighted by Gasteiger charge is 2.22. The van der Waals surface area contributed by atoms with Crippen molar-refractivity contribution in [3.05, 3.63) is 11.1 Å². The molecule has 0 atom stereocenters. The lowest BCUT2D eigenvalue weighted by Gasteiger charge is -2.26. The summed E-state index contributed by atoms with van der Waals surface area (Å²) in [5, 5.41) is 18.4. The summed E-state index contributed by atoms with van der Waals surface area (Å²) < 4.78 is 5.24. The highest BCUT2D eigenvalue weighted by molar-refractivity contribution is 5.99. The molecule has 0 aromatic heterocycles. The van der Waals surface area contributed by atoms with Crippen LogP contribution in [0.4, 0.5) is 0 Å². The molecule has 0 bridgehead atoms. The lowest BCUT2D eigenvalue weighted by Crippen LogP contribution is -2.36. The second-order valence-corrected chi connectivity index (χ2v) is 5.21. The van der Waals surface area contributed by atoms with E-state index < -0.39 is 11.9 Å². The van der Waals surface area contributed by atoms with Crippen molar-refractivity contribution < 1.29 is 24.5 Å². The molecule has 0 amide bonds. The third-order valence-electron chi connectivity index (χ3n) is 3.40. The number of hydrogen-bond acceptors (Lipinski definition) is 4. The Hall–Kier alpha value is -1.40. The molecule has 20 heavy (non-hydrogen) atoms. The molecule has 1 fully saturated rings. The van der Waals surface area contributed by atoms with Gasteiger partial charge in [-0.15, -0.1) is 0 Å². The second-order valence-electron chi connectivity index (χ2n) is 5.21. The zero-order chi connectivity index (χ0) is 15.1. The van der Waals surface area contributed by atoms with Gasteiger partial charge in [0.2, 0.25) is 0 Å². The highest BCUT2D eigenvalue weighted by atomic mass is 16.5. The average Bonchev–Trinajstić information content (AvgIpc) is 2.37. The first-order chi connectivity index (χ1) is 9.43. The van der Waals surface area contributed by atoms with Crippen molar-refractivity contribution in [2.24, 2.45) is 5.92 Å². The average molecular weight is 285 g/mol. The molecule has 0 aliphatic carbocycles. The van der Waals surface area contributed by atoms with Gasteiger partial charge in [-0.1, -0.05) is 13.8 Å². The third kappa shape index (κ3) is 4.94. The van der Waals surface area contributed by atoms with Crippen LogP contribution >= 0.6 is 0 Å². The molecule has 2 N–H and O–H groups in total. The summed E-state index contributed by atoms with van der Waals surface area (Å²) in [7, 11) is 0. The van der Waals surface area contributed by atoms with E-state index in [1.807, 2.05) is 0 Å². The van der Waals surface area contributed by atoms with Gasteiger partial charge in [0.25, 0.3) is 0 Å². The Morgan fingerprint density at radius 3 is 2.20 bits per heavy atom. The fraction of sp³-hybridized carbons (Fsp3) is 0.714. The molecule has 0 spiro atoms. The SMILES string of the molecule is CC(C)/C(C(=O)O)=C(/CCCN1CCOCC1)C(=O)O. The highest BCUT2D eigenvalue weighted by Crippen LogP contribution is 2.20. The fourth-order valence-corrected chi connectivity index (χ4v) is 2.39. The molecule has 0 aromatic rings. The number of aliphatic carboxylic acids is 2. The minimum absolute atomic E-state index is 0.0134. The molecule has 1 rings (SSSR count). The number of hydrogen-bond donors (Lipinski definition) is 2. The van der Waals surface area contributed by atoms with E-state index in [4.69, 9.17) is 9.84 Å². The molecule has 1 saturated heterocycles. The zero-order valence-electron chi connectivity index (χ0n) is 12.1. The molecule has 0 unspecified atom stereocenters. The van der Waals surface area contributed by atoms with Crippen LogP contribution in [0.5, 0.6) is 0 Å². The van der Waals surface area contributed by atoms with Crippen molar-refractivity contribution in [3.63, 3.8) is 0 Å². The van der Waals surface area contributed by atoms with Crippen LogP contribution in [0.3, 0.4) is 0 Å². The van der Waals surface area contributed by atoms with Crippen LogP contribution < -0.4 is 0 Å². The first-order valence-corrected chi connectivity index (χ1v) is 6.93. The predicted molar refractivity (Wildman–Crippen MR) is 73.6 cm³/mol. The van der Waals surface area contributed by atoms with Gasteiger partial charge >= 0.3 is 11.9 Å². The molecule has 6 heteroatoms. The molecular weight excluding hydrogens is 262 g/mol. The smallest absolute Gasteiger partial charge is 0.332 e. The predicted octanol–water partition coefficient (Wildman–Crippen LogP) is 1.22. The Morgan fingerprint density at radius 2 is 1.75 bits per heavy atom. The minimum atomic E-state index is -1.14. The molecule has 1 aliphatic heterocycles. The van der Waals surface area contributed by atoms with Gasteiger partial charge in [0.05, 0.1) is 13.2 Å². The molecule has 0 radical (unpaired) electrons. The molecule has 114 valence electrons. The minimum Gasteiger partial charge on any atom is -0.478 e. The normalized spacial score (nSPS) is 17.9. The number of carboxylic acid groups (broad SMARTS) is 2. The van der Waals surface area contributed by atoms with E-state index in [-0.39, 0.29) is 23.5 Å². The lowest BCUT2D eigenvalue weighted by molar-refractivity contribution is -0.136. The van der Waals surface area contributed by atoms with Crippen LogP contribution in [0.1, 0.15) is 26.7 Å². The summed E-state index contributed by atoms with van der Waals surface area (Å²) >= 11 is 0. The van der Waals surface area contributed by atoms with E-state index in [1.165, 1.54) is 0 Å². The van der Waals surface area contributed by atoms with Crippen molar-refractivity contribution in [3.8, 4) is 0 Å². The van der Waals surface area contributed by atoms with E-state index in [0.717, 1.165) is 19.6 Å². The fourth-order valence-electron chi connectivity index (χ4n) is 2.39. The van der Waals surface area contributed by atoms with Crippen molar-refractivity contribution in [1.29, 1.82) is 0 Å². The molecular formula is C14H23NO5. The van der Waals surface area contributed by atoms with E-state index in [1.54, 1.807) is 13.8 Å². The quantitative estimate of drug-likeness (QED) is 0.684. The van der Waals surface area contributed by atoms with Crippen molar-refractivity contribution in [2.75, 3.05) is 32.8 Å². The van der Waals surface area contributed by atoms with Crippen LogP contribution in [0, 0.1) is 5.92 Å². The number of rotatable bonds is 7. The number of morpholine rings is 1. The van der Waals surface area contributed by atoms with Gasteiger partial charge < -0.3 is 14.9 Å². The third-order valence-corrected chi connectivity index (χ3v) is 3.40. The Morgan fingerprint density at radius 1 is 1.15 bits per heavy atom. The largest absolute Gasteiger partial charge is 0.478 e. The molecule has 6 nitrogen and oxygen atoms in total. The first kappa shape index (κ1) is 16.7. The summed E-state index contributed by atoms with van der Waals surface area (Å²) in [4.78, 5) is 24.7. The second kappa shape index (κ2) is 8.01. The van der Waals surface area contributed by atoms with E-state index in [0.29, 0.717) is 19.6 Å². The maximum atomic E-state index is 11.3. The Balaban J connectivity index is 2.64. The maximum absolute atomic E-state index is 11.3. The maximum Gasteiger partial charge on any atom is 0.332 e. The lowest BCUT2D eigenvalue weighted by atomic mass is 9.94. The molecule has 0 saturated carbocycles. The monoisotopic (exact) mass is 285 g/mol. The Labute approximate surface area is 119 Å². The van der Waals surface area contributed by atoms with Crippen LogP contribution in [0.25, 0.3) is 0 Å². The number of carbonyl (C=O) groups is 2. The standard InChI is InChI=1S/C14H23NO5/c1-10(2)12(14(18)19)11(13(16)17)4-3-5-15-6-8-20-9-7-15/h10H,3-9H2,1-2H3,(H,16,17)(H,18,19)/b12-11+. The van der Waals surface area contributed by atoms with Crippen molar-refractivity contribution in [1.82, 2.24) is 4.90 Å². The van der Waals surface area contributed by atoms with Crippen molar-refractivity contribution in [2.45, 2.75) is 26.7 Å². The molecule has 1 aliphatic rings. The summed E-state index contributed by atoms with van der Waals surface area (Å²) in [5.74, 6) is -2.57. The summed E-state index contributed by atoms with van der Waals surface area (Å²) in [6.07, 6.45) is 0.928. The summed E-state index contributed by atoms with van der Waals surface area (Å²) in [5.41, 5.74) is 0.0419. The van der Waals surface area contributed by atoms with Gasteiger partial charge in [0.15, 0.2) is 0 Å². The zero-order valence-corrected chi connectivity index (χ0v) is 12.1. The van der Waals surface area contributed by atoms with E-state index in [9.17, 15) is 14.7 Å². The van der Waals surface area contributed by atoms with Crippen LogP contribution in [-0.4, -0.2) is 59.9 Å². The van der Waals surface area contributed by atoms with Gasteiger partial charge in [-0.25, -0.2) is 9.59 Å². The van der Waals surface area contributed by atoms with E-state index in [2.05, 4.69) is 4.90 Å². The summed E-state index contributed by atoms with van der Waals surface area (Å²) in [6, 6.07) is 0. The van der Waals surface area contributed by atoms with Crippen LogP contribution in [-0.2, 0) is 14.3 Å². The molecule has 0 aromatic carbocycles. The molecule has 1 heterocycles. The number of carboxylic acids is 2. The van der Waals surface area contributed by atoms with Crippen LogP contribution in [0.2, 0.25) is 0 Å². The van der Waals surface area contributed by atoms with Gasteiger partial charge in [0, 0.05) is 24.2 Å². The first-order valence-electron chi connectivity index (χ1n) is 6.93. The summed E-state index contributed by atoms with van der Waals surface area (Å²) in [6.45, 7) is 7.28. The van der Waals surface area contributed by atoms with Crippen LogP contribution in [0.15, 0.2) is 11.1 Å². The Kier molecular flexibility index (Phi) is 6.67. The topological polar surface area (TPSA) is 87.1 Å².